The lowest BCUT2D eigenvalue weighted by Gasteiger charge is -2.07. The van der Waals surface area contributed by atoms with Gasteiger partial charge in [-0.05, 0) is 13.8 Å². The van der Waals surface area contributed by atoms with Gasteiger partial charge in [0.15, 0.2) is 5.78 Å². The summed E-state index contributed by atoms with van der Waals surface area (Å²) in [4.78, 5) is 35.5. The van der Waals surface area contributed by atoms with Crippen molar-refractivity contribution < 1.29 is 4.79 Å². The Labute approximate surface area is 109 Å². The maximum Gasteiger partial charge on any atom is 0.268 e. The van der Waals surface area contributed by atoms with Crippen LogP contribution in [0.3, 0.4) is 0 Å². The zero-order valence-corrected chi connectivity index (χ0v) is 10.8. The third-order valence-electron chi connectivity index (χ3n) is 3.10. The molecule has 0 aliphatic carbocycles. The summed E-state index contributed by atoms with van der Waals surface area (Å²) in [6, 6.07) is 8.65. The van der Waals surface area contributed by atoms with E-state index in [1.807, 2.05) is 0 Å². The average molecular weight is 258 g/mol. The second-order valence-corrected chi connectivity index (χ2v) is 4.37. The Kier molecular flexibility index (Phi) is 3.46. The highest BCUT2D eigenvalue weighted by atomic mass is 16.2. The smallest absolute Gasteiger partial charge is 0.268 e. The second-order valence-electron chi connectivity index (χ2n) is 4.37. The maximum absolute atomic E-state index is 12.0. The van der Waals surface area contributed by atoms with E-state index in [1.54, 1.807) is 44.2 Å². The Bertz CT molecular complexity index is 727. The highest BCUT2D eigenvalue weighted by molar-refractivity contribution is 5.95. The summed E-state index contributed by atoms with van der Waals surface area (Å²) in [7, 11) is 0. The van der Waals surface area contributed by atoms with Crippen molar-refractivity contribution >= 4 is 5.78 Å². The number of carbonyl (C=O) groups excluding carboxylic acids is 1. The number of rotatable bonds is 3. The molecule has 1 aromatic carbocycles. The van der Waals surface area contributed by atoms with Gasteiger partial charge in [0, 0.05) is 16.7 Å². The number of hydrogen-bond acceptors (Lipinski definition) is 3. The normalized spacial score (nSPS) is 10.4. The van der Waals surface area contributed by atoms with Crippen molar-refractivity contribution in [1.82, 2.24) is 9.78 Å². The Morgan fingerprint density at radius 2 is 1.74 bits per heavy atom. The van der Waals surface area contributed by atoms with Crippen LogP contribution < -0.4 is 11.1 Å². The van der Waals surface area contributed by atoms with E-state index in [-0.39, 0.29) is 23.4 Å². The van der Waals surface area contributed by atoms with Gasteiger partial charge in [0.2, 0.25) is 0 Å². The number of Topliss-reactive ketones (excluding diaryl/α,β-unsaturated/α-hetero) is 1. The predicted molar refractivity (Wildman–Crippen MR) is 71.6 cm³/mol. The van der Waals surface area contributed by atoms with Crippen molar-refractivity contribution in [3.8, 4) is 0 Å². The Morgan fingerprint density at radius 1 is 1.11 bits per heavy atom. The number of aromatic amines is 1. The molecule has 2 rings (SSSR count). The van der Waals surface area contributed by atoms with E-state index in [0.717, 1.165) is 4.68 Å². The average Bonchev–Trinajstić information content (AvgIpc) is 2.43. The summed E-state index contributed by atoms with van der Waals surface area (Å²) in [5.74, 6) is -0.221. The van der Waals surface area contributed by atoms with Crippen molar-refractivity contribution in [2.24, 2.45) is 0 Å². The van der Waals surface area contributed by atoms with E-state index in [2.05, 4.69) is 5.10 Å². The number of nitrogens with zero attached hydrogens (tertiary/aromatic N) is 1. The first kappa shape index (κ1) is 13.0. The molecule has 5 nitrogen and oxygen atoms in total. The quantitative estimate of drug-likeness (QED) is 0.836. The molecule has 0 spiro atoms. The van der Waals surface area contributed by atoms with Gasteiger partial charge < -0.3 is 0 Å². The fourth-order valence-electron chi connectivity index (χ4n) is 1.76. The molecule has 98 valence electrons. The van der Waals surface area contributed by atoms with Gasteiger partial charge >= 0.3 is 0 Å². The molecule has 2 aromatic rings. The van der Waals surface area contributed by atoms with Crippen molar-refractivity contribution in [2.45, 2.75) is 20.4 Å². The molecule has 0 aliphatic heterocycles. The largest absolute Gasteiger partial charge is 0.292 e. The SMILES string of the molecule is Cc1c(C)c(=O)n(CC(=O)c2ccccc2)[nH]c1=O. The van der Waals surface area contributed by atoms with Gasteiger partial charge in [-0.15, -0.1) is 0 Å². The van der Waals surface area contributed by atoms with E-state index >= 15 is 0 Å². The van der Waals surface area contributed by atoms with Crippen LogP contribution in [0.1, 0.15) is 21.5 Å². The van der Waals surface area contributed by atoms with Crippen molar-refractivity contribution in [1.29, 1.82) is 0 Å². The van der Waals surface area contributed by atoms with Crippen LogP contribution in [0.15, 0.2) is 39.9 Å². The minimum Gasteiger partial charge on any atom is -0.292 e. The van der Waals surface area contributed by atoms with E-state index < -0.39 is 0 Å². The van der Waals surface area contributed by atoms with Gasteiger partial charge in [-0.25, -0.2) is 4.68 Å². The number of H-pyrrole nitrogens is 1. The monoisotopic (exact) mass is 258 g/mol. The first-order valence-electron chi connectivity index (χ1n) is 5.89. The van der Waals surface area contributed by atoms with Crippen molar-refractivity contribution in [3.63, 3.8) is 0 Å². The van der Waals surface area contributed by atoms with Crippen molar-refractivity contribution in [3.05, 3.63) is 67.7 Å². The van der Waals surface area contributed by atoms with Crippen molar-refractivity contribution in [2.75, 3.05) is 0 Å². The molecule has 19 heavy (non-hydrogen) atoms. The third-order valence-corrected chi connectivity index (χ3v) is 3.10. The lowest BCUT2D eigenvalue weighted by Crippen LogP contribution is -2.35. The topological polar surface area (TPSA) is 71.9 Å². The van der Waals surface area contributed by atoms with Gasteiger partial charge in [-0.1, -0.05) is 30.3 Å². The summed E-state index contributed by atoms with van der Waals surface area (Å²) < 4.78 is 1.06. The molecule has 1 aromatic heterocycles. The summed E-state index contributed by atoms with van der Waals surface area (Å²) in [6.45, 7) is 2.99. The van der Waals surface area contributed by atoms with Gasteiger partial charge in [0.05, 0.1) is 0 Å². The summed E-state index contributed by atoms with van der Waals surface area (Å²) in [5.41, 5.74) is 0.561. The van der Waals surface area contributed by atoms with Gasteiger partial charge in [-0.2, -0.15) is 0 Å². The molecule has 0 bridgehead atoms. The molecule has 1 N–H and O–H groups in total. The Balaban J connectivity index is 2.38. The lowest BCUT2D eigenvalue weighted by molar-refractivity contribution is 0.0965. The summed E-state index contributed by atoms with van der Waals surface area (Å²) in [5, 5.41) is 2.41. The summed E-state index contributed by atoms with van der Waals surface area (Å²) in [6.07, 6.45) is 0. The van der Waals surface area contributed by atoms with Gasteiger partial charge in [0.1, 0.15) is 6.54 Å². The van der Waals surface area contributed by atoms with Gasteiger partial charge in [0.25, 0.3) is 11.1 Å². The maximum atomic E-state index is 12.0. The van der Waals surface area contributed by atoms with Crippen LogP contribution in [-0.4, -0.2) is 15.6 Å². The first-order valence-corrected chi connectivity index (χ1v) is 5.89. The molecule has 0 saturated heterocycles. The highest BCUT2D eigenvalue weighted by Gasteiger charge is 2.11. The van der Waals surface area contributed by atoms with Crippen LogP contribution in [0.5, 0.6) is 0 Å². The number of aromatic nitrogens is 2. The Morgan fingerprint density at radius 3 is 2.37 bits per heavy atom. The molecule has 0 radical (unpaired) electrons. The fourth-order valence-corrected chi connectivity index (χ4v) is 1.76. The molecule has 0 amide bonds. The summed E-state index contributed by atoms with van der Waals surface area (Å²) >= 11 is 0. The molecule has 0 atom stereocenters. The number of benzene rings is 1. The van der Waals surface area contributed by atoms with Gasteiger partial charge in [-0.3, -0.25) is 19.5 Å². The number of nitrogens with one attached hydrogen (secondary N) is 1. The zero-order valence-electron chi connectivity index (χ0n) is 10.8. The van der Waals surface area contributed by atoms with Crippen LogP contribution in [0.2, 0.25) is 0 Å². The first-order chi connectivity index (χ1) is 9.00. The molecular formula is C14H14N2O3. The van der Waals surface area contributed by atoms with E-state index in [9.17, 15) is 14.4 Å². The number of ketones is 1. The van der Waals surface area contributed by atoms with E-state index in [4.69, 9.17) is 0 Å². The standard InChI is InChI=1S/C14H14N2O3/c1-9-10(2)14(19)16(15-13(9)18)8-12(17)11-6-4-3-5-7-11/h3-7H,8H2,1-2H3,(H,15,18). The third kappa shape index (κ3) is 2.54. The molecule has 0 saturated carbocycles. The van der Waals surface area contributed by atoms with Crippen LogP contribution in [-0.2, 0) is 6.54 Å². The molecular weight excluding hydrogens is 244 g/mol. The van der Waals surface area contributed by atoms with Crippen LogP contribution >= 0.6 is 0 Å². The molecule has 0 fully saturated rings. The highest BCUT2D eigenvalue weighted by Crippen LogP contribution is 2.01. The molecule has 0 aliphatic rings. The fraction of sp³-hybridized carbons (Fsp3) is 0.214. The van der Waals surface area contributed by atoms with E-state index in [1.165, 1.54) is 0 Å². The molecule has 0 unspecified atom stereocenters. The Hall–Kier alpha value is -2.43. The number of carbonyl (C=O) groups is 1. The minimum atomic E-state index is -0.349. The van der Waals surface area contributed by atoms with Crippen LogP contribution in [0.4, 0.5) is 0 Å². The minimum absolute atomic E-state index is 0.167. The zero-order chi connectivity index (χ0) is 14.0. The molecule has 1 heterocycles. The van der Waals surface area contributed by atoms with E-state index in [0.29, 0.717) is 16.7 Å². The molecule has 5 heteroatoms. The lowest BCUT2D eigenvalue weighted by atomic mass is 10.1. The second kappa shape index (κ2) is 5.06. The predicted octanol–water partition coefficient (Wildman–Crippen LogP) is 1.04. The van der Waals surface area contributed by atoms with Crippen LogP contribution in [0, 0.1) is 13.8 Å². The number of hydrogen-bond donors (Lipinski definition) is 1. The van der Waals surface area contributed by atoms with Crippen LogP contribution in [0.25, 0.3) is 0 Å².